The molecule has 0 saturated heterocycles. The first-order chi connectivity index (χ1) is 16.2. The zero-order valence-electron chi connectivity index (χ0n) is 20.5. The predicted octanol–water partition coefficient (Wildman–Crippen LogP) is 7.08. The van der Waals surface area contributed by atoms with Crippen molar-refractivity contribution in [3.63, 3.8) is 0 Å². The maximum absolute atomic E-state index is 5.56. The van der Waals surface area contributed by atoms with Crippen molar-refractivity contribution in [3.05, 3.63) is 23.8 Å². The highest BCUT2D eigenvalue weighted by Crippen LogP contribution is 2.40. The Balaban J connectivity index is 1.43. The molecule has 4 rings (SSSR count). The van der Waals surface area contributed by atoms with Crippen molar-refractivity contribution >= 4 is 42.3 Å². The summed E-state index contributed by atoms with van der Waals surface area (Å²) in [5.74, 6) is 0. The molecule has 0 atom stereocenters. The van der Waals surface area contributed by atoms with Crippen LogP contribution in [-0.2, 0) is 19.7 Å². The minimum absolute atomic E-state index is 0.723. The van der Waals surface area contributed by atoms with Gasteiger partial charge >= 0.3 is 8.80 Å². The lowest BCUT2D eigenvalue weighted by atomic mass is 9.91. The average molecular weight is 509 g/mol. The van der Waals surface area contributed by atoms with Gasteiger partial charge in [0.05, 0.1) is 10.2 Å². The summed E-state index contributed by atoms with van der Waals surface area (Å²) in [5, 5.41) is 0. The summed E-state index contributed by atoms with van der Waals surface area (Å²) >= 11 is 3.83. The van der Waals surface area contributed by atoms with Gasteiger partial charge < -0.3 is 13.3 Å². The summed E-state index contributed by atoms with van der Waals surface area (Å²) in [7, 11) is 2.57. The van der Waals surface area contributed by atoms with Crippen LogP contribution in [0.5, 0.6) is 0 Å². The van der Waals surface area contributed by atoms with Crippen LogP contribution < -0.4 is 0 Å². The van der Waals surface area contributed by atoms with Crippen LogP contribution in [0.3, 0.4) is 0 Å². The molecule has 1 aromatic heterocycles. The molecule has 8 heteroatoms. The summed E-state index contributed by atoms with van der Waals surface area (Å²) in [6.45, 7) is 0. The molecule has 2 saturated carbocycles. The monoisotopic (exact) mass is 508 g/mol. The van der Waals surface area contributed by atoms with E-state index in [0.717, 1.165) is 36.5 Å². The number of hydrogen-bond acceptors (Lipinski definition) is 7. The molecule has 0 aliphatic heterocycles. The number of hydrogen-bond donors (Lipinski definition) is 0. The fourth-order valence-corrected chi connectivity index (χ4v) is 9.61. The number of nitrogens with zero attached hydrogens (tertiary/aromatic N) is 2. The zero-order chi connectivity index (χ0) is 23.1. The van der Waals surface area contributed by atoms with Crippen molar-refractivity contribution < 1.29 is 13.3 Å². The van der Waals surface area contributed by atoms with Crippen LogP contribution in [0, 0.1) is 0 Å². The smallest absolute Gasteiger partial charge is 0.377 e. The number of thiazole rings is 1. The quantitative estimate of drug-likeness (QED) is 0.239. The second-order valence-electron chi connectivity index (χ2n) is 9.47. The van der Waals surface area contributed by atoms with Gasteiger partial charge in [-0.05, 0) is 68.2 Å². The lowest BCUT2D eigenvalue weighted by molar-refractivity contribution is 0.123. The number of benzene rings is 1. The van der Waals surface area contributed by atoms with Crippen LogP contribution in [0.1, 0.15) is 76.2 Å². The van der Waals surface area contributed by atoms with Crippen molar-refractivity contribution in [1.82, 2.24) is 9.29 Å². The van der Waals surface area contributed by atoms with E-state index >= 15 is 0 Å². The summed E-state index contributed by atoms with van der Waals surface area (Å²) in [4.78, 5) is 5.03. The van der Waals surface area contributed by atoms with E-state index in [1.807, 2.05) is 23.3 Å². The number of rotatable bonds is 11. The van der Waals surface area contributed by atoms with Gasteiger partial charge in [-0.3, -0.25) is 0 Å². The first kappa shape index (κ1) is 25.6. The maximum atomic E-state index is 5.56. The Bertz CT molecular complexity index is 838. The van der Waals surface area contributed by atoms with Crippen molar-refractivity contribution in [2.75, 3.05) is 21.3 Å². The van der Waals surface area contributed by atoms with E-state index in [2.05, 4.69) is 22.5 Å². The largest absolute Gasteiger partial charge is 0.500 e. The minimum Gasteiger partial charge on any atom is -0.377 e. The van der Waals surface area contributed by atoms with Crippen molar-refractivity contribution in [3.8, 4) is 0 Å². The van der Waals surface area contributed by atoms with Crippen molar-refractivity contribution in [2.45, 2.75) is 99.5 Å². The van der Waals surface area contributed by atoms with Crippen molar-refractivity contribution in [1.29, 1.82) is 0 Å². The van der Waals surface area contributed by atoms with E-state index < -0.39 is 8.80 Å². The molecular weight excluding hydrogens is 469 g/mol. The average Bonchev–Trinajstić information content (AvgIpc) is 3.28. The molecule has 5 nitrogen and oxygen atoms in total. The lowest BCUT2D eigenvalue weighted by Crippen LogP contribution is -2.42. The summed E-state index contributed by atoms with van der Waals surface area (Å²) in [6.07, 6.45) is 15.8. The Morgan fingerprint density at radius 1 is 0.939 bits per heavy atom. The lowest BCUT2D eigenvalue weighted by Gasteiger charge is -2.40. The van der Waals surface area contributed by atoms with Crippen LogP contribution in [0.25, 0.3) is 10.2 Å². The van der Waals surface area contributed by atoms with Crippen LogP contribution in [0.15, 0.2) is 22.5 Å². The summed E-state index contributed by atoms with van der Waals surface area (Å²) < 4.78 is 22.0. The van der Waals surface area contributed by atoms with E-state index in [4.69, 9.17) is 18.3 Å². The molecule has 1 aromatic carbocycles. The van der Waals surface area contributed by atoms with Gasteiger partial charge in [0, 0.05) is 39.5 Å². The Morgan fingerprint density at radius 3 is 2.12 bits per heavy atom. The van der Waals surface area contributed by atoms with Gasteiger partial charge in [0.1, 0.15) is 0 Å². The second kappa shape index (κ2) is 12.5. The van der Waals surface area contributed by atoms with E-state index in [-0.39, 0.29) is 0 Å². The zero-order valence-corrected chi connectivity index (χ0v) is 23.1. The fourth-order valence-electron chi connectivity index (χ4n) is 5.42. The molecule has 0 radical (unpaired) electrons. The number of aryl methyl sites for hydroxylation is 1. The number of aromatic nitrogens is 1. The van der Waals surface area contributed by atoms with Gasteiger partial charge in [0.25, 0.3) is 0 Å². The fraction of sp³-hybridized carbons (Fsp3) is 0.720. The van der Waals surface area contributed by atoms with Crippen LogP contribution >= 0.6 is 23.3 Å². The Hall–Kier alpha value is -0.483. The topological polar surface area (TPSA) is 43.8 Å². The first-order valence-corrected chi connectivity index (χ1v) is 16.2. The van der Waals surface area contributed by atoms with Gasteiger partial charge in [0.2, 0.25) is 0 Å². The minimum atomic E-state index is -2.49. The predicted molar refractivity (Wildman–Crippen MR) is 141 cm³/mol. The molecule has 2 fully saturated rings. The van der Waals surface area contributed by atoms with Crippen LogP contribution in [0.2, 0.25) is 6.04 Å². The molecular formula is C25H40N2O3S2Si. The molecule has 2 aromatic rings. The van der Waals surface area contributed by atoms with Gasteiger partial charge in [-0.2, -0.15) is 0 Å². The molecule has 184 valence electrons. The Morgan fingerprint density at radius 2 is 1.55 bits per heavy atom. The highest BCUT2D eigenvalue weighted by Gasteiger charge is 2.36. The van der Waals surface area contributed by atoms with Gasteiger partial charge in [-0.15, -0.1) is 11.3 Å². The summed E-state index contributed by atoms with van der Waals surface area (Å²) in [6, 6.07) is 9.03. The normalized spacial score (nSPS) is 19.0. The molecule has 0 spiro atoms. The molecule has 0 N–H and O–H groups in total. The number of fused-ring (bicyclic) bond motifs is 1. The molecule has 2 aliphatic carbocycles. The molecule has 33 heavy (non-hydrogen) atoms. The third-order valence-electron chi connectivity index (χ3n) is 7.37. The van der Waals surface area contributed by atoms with E-state index in [1.54, 1.807) is 21.3 Å². The van der Waals surface area contributed by atoms with Crippen LogP contribution in [-0.4, -0.2) is 51.5 Å². The molecule has 2 aliphatic rings. The van der Waals surface area contributed by atoms with Gasteiger partial charge in [-0.1, -0.05) is 44.6 Å². The third kappa shape index (κ3) is 6.60. The standard InChI is InChI=1S/C25H40N2O3S2Si/c1-28-33(29-2,30-3)18-10-11-20-16-17-23-24(19-20)31-25(26-23)32-27(21-12-6-4-7-13-21)22-14-8-5-9-15-22/h16-17,19,21-22H,4-15,18H2,1-3H3. The molecule has 0 amide bonds. The molecule has 0 bridgehead atoms. The third-order valence-corrected chi connectivity index (χ3v) is 12.5. The Labute approximate surface area is 209 Å². The van der Waals surface area contributed by atoms with E-state index in [0.29, 0.717) is 0 Å². The highest BCUT2D eigenvalue weighted by atomic mass is 32.2. The summed E-state index contributed by atoms with van der Waals surface area (Å²) in [5.41, 5.74) is 2.48. The van der Waals surface area contributed by atoms with E-state index in [9.17, 15) is 0 Å². The van der Waals surface area contributed by atoms with Crippen LogP contribution in [0.4, 0.5) is 0 Å². The van der Waals surface area contributed by atoms with Gasteiger partial charge in [0.15, 0.2) is 4.34 Å². The SMILES string of the molecule is CO[Si](CCCc1ccc2nc(SN(C3CCCCC3)C3CCCCC3)sc2c1)(OC)OC. The first-order valence-electron chi connectivity index (χ1n) is 12.7. The highest BCUT2D eigenvalue weighted by molar-refractivity contribution is 7.99. The molecule has 1 heterocycles. The van der Waals surface area contributed by atoms with Crippen molar-refractivity contribution in [2.24, 2.45) is 0 Å². The molecule has 0 unspecified atom stereocenters. The van der Waals surface area contributed by atoms with Gasteiger partial charge in [-0.25, -0.2) is 9.29 Å². The van der Waals surface area contributed by atoms with E-state index in [1.165, 1.54) is 78.8 Å². The second-order valence-corrected chi connectivity index (χ2v) is 14.8. The Kier molecular flexibility index (Phi) is 9.67. The maximum Gasteiger partial charge on any atom is 0.500 e.